The molecule has 1 spiro atoms. The van der Waals surface area contributed by atoms with Crippen molar-refractivity contribution in [2.75, 3.05) is 4.90 Å². The lowest BCUT2D eigenvalue weighted by atomic mass is 9.69. The zero-order valence-corrected chi connectivity index (χ0v) is 30.7. The Balaban J connectivity index is 1.18. The Morgan fingerprint density at radius 3 is 1.59 bits per heavy atom. The summed E-state index contributed by atoms with van der Waals surface area (Å²) in [5.74, 6) is 0. The van der Waals surface area contributed by atoms with Gasteiger partial charge in [0.05, 0.1) is 5.41 Å². The molecule has 0 bridgehead atoms. The van der Waals surface area contributed by atoms with Crippen LogP contribution in [-0.4, -0.2) is 0 Å². The molecule has 10 aromatic rings. The van der Waals surface area contributed by atoms with E-state index in [0.29, 0.717) is 0 Å². The summed E-state index contributed by atoms with van der Waals surface area (Å²) in [5.41, 5.74) is 16.2. The molecule has 0 radical (unpaired) electrons. The summed E-state index contributed by atoms with van der Waals surface area (Å²) in [6, 6.07) is 78.7. The number of para-hydroxylation sites is 1. The number of anilines is 3. The van der Waals surface area contributed by atoms with Crippen molar-refractivity contribution in [1.29, 1.82) is 0 Å². The van der Waals surface area contributed by atoms with Crippen molar-refractivity contribution in [2.24, 2.45) is 0 Å². The minimum atomic E-state index is -0.474. The number of hydrogen-bond donors (Lipinski definition) is 0. The first-order valence-electron chi connectivity index (χ1n) is 19.5. The van der Waals surface area contributed by atoms with Crippen molar-refractivity contribution in [2.45, 2.75) is 5.41 Å². The molecule has 2 aliphatic rings. The summed E-state index contributed by atoms with van der Waals surface area (Å²) in [4.78, 5) is 2.40. The summed E-state index contributed by atoms with van der Waals surface area (Å²) in [6.07, 6.45) is 0. The van der Waals surface area contributed by atoms with Crippen LogP contribution >= 0.6 is 0 Å². The van der Waals surface area contributed by atoms with Crippen LogP contribution in [0, 0.1) is 0 Å². The maximum atomic E-state index is 2.44. The molecule has 0 aromatic heterocycles. The van der Waals surface area contributed by atoms with E-state index in [1.165, 1.54) is 88.0 Å². The van der Waals surface area contributed by atoms with Crippen molar-refractivity contribution in [3.05, 3.63) is 235 Å². The predicted octanol–water partition coefficient (Wildman–Crippen LogP) is 14.6. The third kappa shape index (κ3) is 4.20. The summed E-state index contributed by atoms with van der Waals surface area (Å²) in [5, 5.41) is 7.69. The van der Waals surface area contributed by atoms with Crippen molar-refractivity contribution in [3.8, 4) is 33.4 Å². The molecule has 0 heterocycles. The van der Waals surface area contributed by atoms with Gasteiger partial charge < -0.3 is 4.90 Å². The van der Waals surface area contributed by atoms with Gasteiger partial charge >= 0.3 is 0 Å². The Bertz CT molecular complexity index is 3130. The van der Waals surface area contributed by atoms with Crippen molar-refractivity contribution in [3.63, 3.8) is 0 Å². The molecule has 1 nitrogen and oxygen atoms in total. The molecule has 0 fully saturated rings. The van der Waals surface area contributed by atoms with Crippen LogP contribution in [0.15, 0.2) is 212 Å². The zero-order valence-electron chi connectivity index (χ0n) is 30.7. The quantitative estimate of drug-likeness (QED) is 0.164. The Kier molecular flexibility index (Phi) is 6.62. The zero-order chi connectivity index (χ0) is 36.8. The first-order valence-corrected chi connectivity index (χ1v) is 19.5. The lowest BCUT2D eigenvalue weighted by molar-refractivity contribution is 0.802. The Hall–Kier alpha value is -7.22. The van der Waals surface area contributed by atoms with Gasteiger partial charge in [0.1, 0.15) is 0 Å². The highest BCUT2D eigenvalue weighted by Crippen LogP contribution is 2.66. The van der Waals surface area contributed by atoms with Gasteiger partial charge in [-0.05, 0) is 124 Å². The van der Waals surface area contributed by atoms with E-state index in [2.05, 4.69) is 217 Å². The number of nitrogens with zero attached hydrogens (tertiary/aromatic N) is 1. The van der Waals surface area contributed by atoms with Gasteiger partial charge in [-0.25, -0.2) is 0 Å². The molecule has 0 unspecified atom stereocenters. The SMILES string of the molecule is c1ccc(-c2ccc(N(c3ccccc3)c3ccc4c5c(c6ccccc6c4c3)-c3c(ccc4ccccc34)C53c4ccccc4-c4ccccc43)cc2)cc1. The fraction of sp³-hybridized carbons (Fsp3) is 0.0182. The van der Waals surface area contributed by atoms with E-state index in [9.17, 15) is 0 Å². The van der Waals surface area contributed by atoms with E-state index in [4.69, 9.17) is 0 Å². The van der Waals surface area contributed by atoms with E-state index in [0.717, 1.165) is 17.1 Å². The second-order valence-electron chi connectivity index (χ2n) is 15.2. The van der Waals surface area contributed by atoms with E-state index in [1.54, 1.807) is 0 Å². The van der Waals surface area contributed by atoms with Gasteiger partial charge in [0.2, 0.25) is 0 Å². The molecule has 1 heteroatoms. The number of benzene rings is 10. The molecule has 0 saturated carbocycles. The lowest BCUT2D eigenvalue weighted by Gasteiger charge is -2.32. The van der Waals surface area contributed by atoms with Crippen LogP contribution in [0.25, 0.3) is 65.7 Å². The van der Waals surface area contributed by atoms with Gasteiger partial charge in [-0.2, -0.15) is 0 Å². The Morgan fingerprint density at radius 1 is 0.304 bits per heavy atom. The van der Waals surface area contributed by atoms with Gasteiger partial charge in [-0.1, -0.05) is 176 Å². The standard InChI is InChI=1S/C55H35N/c1-3-15-36(16-4-1)37-27-30-40(31-28-37)56(39-18-5-2-6-19-39)41-32-33-47-48(35-41)43-21-9-10-24-46(43)53-52-42-20-8-7-17-38(42)29-34-51(52)55(54(47)53)49-25-13-11-22-44(49)45-23-12-14-26-50(45)55/h1-35H. The van der Waals surface area contributed by atoms with Crippen molar-refractivity contribution < 1.29 is 0 Å². The number of rotatable bonds is 4. The monoisotopic (exact) mass is 709 g/mol. The summed E-state index contributed by atoms with van der Waals surface area (Å²) in [6.45, 7) is 0. The van der Waals surface area contributed by atoms with Crippen LogP contribution in [0.4, 0.5) is 17.1 Å². The molecule has 2 aliphatic carbocycles. The molecule has 0 amide bonds. The van der Waals surface area contributed by atoms with Gasteiger partial charge in [-0.15, -0.1) is 0 Å². The average Bonchev–Trinajstić information content (AvgIpc) is 3.76. The van der Waals surface area contributed by atoms with E-state index >= 15 is 0 Å². The van der Waals surface area contributed by atoms with Gasteiger partial charge in [0.25, 0.3) is 0 Å². The second kappa shape index (κ2) is 11.9. The van der Waals surface area contributed by atoms with Crippen LogP contribution in [0.3, 0.4) is 0 Å². The van der Waals surface area contributed by atoms with Crippen molar-refractivity contribution in [1.82, 2.24) is 0 Å². The summed E-state index contributed by atoms with van der Waals surface area (Å²) < 4.78 is 0. The van der Waals surface area contributed by atoms with Gasteiger partial charge in [-0.3, -0.25) is 0 Å². The summed E-state index contributed by atoms with van der Waals surface area (Å²) >= 11 is 0. The minimum Gasteiger partial charge on any atom is -0.310 e. The van der Waals surface area contributed by atoms with E-state index < -0.39 is 5.41 Å². The predicted molar refractivity (Wildman–Crippen MR) is 235 cm³/mol. The second-order valence-corrected chi connectivity index (χ2v) is 15.2. The van der Waals surface area contributed by atoms with Crippen LogP contribution in [0.2, 0.25) is 0 Å². The molecule has 260 valence electrons. The first-order chi connectivity index (χ1) is 27.8. The molecule has 12 rings (SSSR count). The van der Waals surface area contributed by atoms with Gasteiger partial charge in [0, 0.05) is 17.1 Å². The maximum absolute atomic E-state index is 2.44. The minimum absolute atomic E-state index is 0.474. The third-order valence-corrected chi connectivity index (χ3v) is 12.4. The fourth-order valence-corrected chi connectivity index (χ4v) is 10.2. The van der Waals surface area contributed by atoms with Crippen LogP contribution in [0.1, 0.15) is 22.3 Å². The van der Waals surface area contributed by atoms with Crippen LogP contribution in [0.5, 0.6) is 0 Å². The molecule has 10 aromatic carbocycles. The summed E-state index contributed by atoms with van der Waals surface area (Å²) in [7, 11) is 0. The van der Waals surface area contributed by atoms with E-state index in [1.807, 2.05) is 0 Å². The van der Waals surface area contributed by atoms with Crippen LogP contribution < -0.4 is 4.90 Å². The Labute approximate surface area is 326 Å². The number of fused-ring (bicyclic) bond motifs is 17. The average molecular weight is 710 g/mol. The van der Waals surface area contributed by atoms with Gasteiger partial charge in [0.15, 0.2) is 0 Å². The molecular weight excluding hydrogens is 675 g/mol. The maximum Gasteiger partial charge on any atom is 0.0732 e. The third-order valence-electron chi connectivity index (χ3n) is 12.4. The lowest BCUT2D eigenvalue weighted by Crippen LogP contribution is -2.26. The molecule has 0 atom stereocenters. The fourth-order valence-electron chi connectivity index (χ4n) is 10.2. The topological polar surface area (TPSA) is 3.24 Å². The highest BCUT2D eigenvalue weighted by atomic mass is 15.1. The van der Waals surface area contributed by atoms with Crippen molar-refractivity contribution >= 4 is 49.4 Å². The number of hydrogen-bond acceptors (Lipinski definition) is 1. The molecular formula is C55H35N. The molecule has 0 aliphatic heterocycles. The molecule has 0 N–H and O–H groups in total. The molecule has 56 heavy (non-hydrogen) atoms. The highest BCUT2D eigenvalue weighted by molar-refractivity contribution is 6.23. The normalized spacial score (nSPS) is 13.1. The van der Waals surface area contributed by atoms with Crippen LogP contribution in [-0.2, 0) is 5.41 Å². The first kappa shape index (κ1) is 31.2. The molecule has 0 saturated heterocycles. The smallest absolute Gasteiger partial charge is 0.0732 e. The Morgan fingerprint density at radius 2 is 0.857 bits per heavy atom. The highest BCUT2D eigenvalue weighted by Gasteiger charge is 2.53. The largest absolute Gasteiger partial charge is 0.310 e. The van der Waals surface area contributed by atoms with E-state index in [-0.39, 0.29) is 0 Å².